The molecular formula is C36H32N6O6S2. The van der Waals surface area contributed by atoms with Crippen molar-refractivity contribution >= 4 is 68.5 Å². The molecule has 14 heteroatoms. The van der Waals surface area contributed by atoms with Crippen LogP contribution in [0, 0.1) is 0 Å². The number of amides is 2. The molecule has 0 saturated carbocycles. The Labute approximate surface area is 294 Å². The van der Waals surface area contributed by atoms with Crippen LogP contribution < -0.4 is 31.2 Å². The molecule has 0 bridgehead atoms. The van der Waals surface area contributed by atoms with Crippen LogP contribution in [-0.4, -0.2) is 56.6 Å². The Bertz CT molecular complexity index is 2160. The molecule has 2 N–H and O–H groups in total. The van der Waals surface area contributed by atoms with Crippen LogP contribution >= 0.6 is 23.5 Å². The van der Waals surface area contributed by atoms with Crippen molar-refractivity contribution < 1.29 is 19.1 Å². The maximum atomic E-state index is 13.8. The highest BCUT2D eigenvalue weighted by atomic mass is 32.2. The summed E-state index contributed by atoms with van der Waals surface area (Å²) in [4.78, 5) is 63.1. The molecule has 0 aliphatic rings. The van der Waals surface area contributed by atoms with E-state index < -0.39 is 0 Å². The first-order chi connectivity index (χ1) is 24.4. The Balaban J connectivity index is 1.27. The smallest absolute Gasteiger partial charge is 0.262 e. The summed E-state index contributed by atoms with van der Waals surface area (Å²) in [7, 11) is 3.04. The number of hydrogen-bond donors (Lipinski definition) is 2. The third kappa shape index (κ3) is 7.66. The van der Waals surface area contributed by atoms with Crippen molar-refractivity contribution in [2.24, 2.45) is 0 Å². The zero-order chi connectivity index (χ0) is 35.0. The minimum absolute atomic E-state index is 0.0390. The molecule has 0 radical (unpaired) electrons. The second-order valence-corrected chi connectivity index (χ2v) is 12.7. The van der Waals surface area contributed by atoms with Crippen molar-refractivity contribution in [1.82, 2.24) is 19.1 Å². The van der Waals surface area contributed by atoms with E-state index >= 15 is 0 Å². The van der Waals surface area contributed by atoms with Crippen LogP contribution in [0.1, 0.15) is 0 Å². The number of benzene rings is 4. The molecule has 50 heavy (non-hydrogen) atoms. The summed E-state index contributed by atoms with van der Waals surface area (Å²) in [6.45, 7) is 0.0993. The van der Waals surface area contributed by atoms with Gasteiger partial charge in [0.05, 0.1) is 58.9 Å². The number of nitrogens with one attached hydrogen (secondary N) is 2. The summed E-state index contributed by atoms with van der Waals surface area (Å²) in [6, 6.07) is 28.1. The predicted octanol–water partition coefficient (Wildman–Crippen LogP) is 5.29. The summed E-state index contributed by atoms with van der Waals surface area (Å²) in [5.74, 6) is 0.340. The Hall–Kier alpha value is -5.60. The summed E-state index contributed by atoms with van der Waals surface area (Å²) in [6.07, 6.45) is 0. The second kappa shape index (κ2) is 15.7. The molecule has 4 aromatic carbocycles. The van der Waals surface area contributed by atoms with Gasteiger partial charge >= 0.3 is 0 Å². The zero-order valence-electron chi connectivity index (χ0n) is 27.1. The SMILES string of the molecule is COc1ccccc1NC(=O)CSc1nc2ccccc2c(=O)n1CCn1c(SCC(=O)Nc2ccccc2OC)nc2ccccc2c1=O. The number of ether oxygens (including phenoxy) is 2. The second-order valence-electron chi connectivity index (χ2n) is 10.8. The van der Waals surface area contributed by atoms with Gasteiger partial charge in [0.1, 0.15) is 11.5 Å². The molecule has 2 aromatic heterocycles. The molecule has 2 amide bonds. The lowest BCUT2D eigenvalue weighted by Gasteiger charge is -2.17. The maximum absolute atomic E-state index is 13.8. The number of nitrogens with zero attached hydrogens (tertiary/aromatic N) is 4. The molecular weight excluding hydrogens is 677 g/mol. The third-order valence-electron chi connectivity index (χ3n) is 7.63. The van der Waals surface area contributed by atoms with E-state index in [4.69, 9.17) is 19.4 Å². The summed E-state index contributed by atoms with van der Waals surface area (Å²) in [5, 5.41) is 7.12. The van der Waals surface area contributed by atoms with Crippen LogP contribution in [-0.2, 0) is 22.7 Å². The lowest BCUT2D eigenvalue weighted by Crippen LogP contribution is -2.30. The van der Waals surface area contributed by atoms with E-state index in [2.05, 4.69) is 10.6 Å². The lowest BCUT2D eigenvalue weighted by atomic mass is 10.2. The molecule has 0 spiro atoms. The monoisotopic (exact) mass is 708 g/mol. The van der Waals surface area contributed by atoms with Gasteiger partial charge in [-0.25, -0.2) is 9.97 Å². The van der Waals surface area contributed by atoms with E-state index in [-0.39, 0.29) is 47.5 Å². The Morgan fingerprint density at radius 1 is 0.600 bits per heavy atom. The van der Waals surface area contributed by atoms with Gasteiger partial charge in [0.2, 0.25) is 11.8 Å². The number of fused-ring (bicyclic) bond motifs is 2. The molecule has 2 heterocycles. The topological polar surface area (TPSA) is 146 Å². The van der Waals surface area contributed by atoms with Gasteiger partial charge in [-0.2, -0.15) is 0 Å². The lowest BCUT2D eigenvalue weighted by molar-refractivity contribution is -0.114. The molecule has 0 unspecified atom stereocenters. The van der Waals surface area contributed by atoms with E-state index in [1.165, 1.54) is 23.4 Å². The van der Waals surface area contributed by atoms with Crippen molar-refractivity contribution in [2.75, 3.05) is 36.4 Å². The molecule has 254 valence electrons. The standard InChI is InChI=1S/C36H32N6O6S2/c1-47-29-17-9-7-15-27(29)37-31(43)21-49-35-39-25-13-5-3-11-23(25)33(45)41(35)19-20-42-34(46)24-12-4-6-14-26(24)40-36(42)50-22-32(44)38-28-16-8-10-18-30(28)48-2/h3-18H,19-22H2,1-2H3,(H,37,43)(H,38,44). The van der Waals surface area contributed by atoms with Crippen molar-refractivity contribution in [3.63, 3.8) is 0 Å². The number of aromatic nitrogens is 4. The molecule has 0 atom stereocenters. The fraction of sp³-hybridized carbons (Fsp3) is 0.167. The third-order valence-corrected chi connectivity index (χ3v) is 9.58. The number of para-hydroxylation sites is 6. The predicted molar refractivity (Wildman–Crippen MR) is 197 cm³/mol. The molecule has 0 saturated heterocycles. The Kier molecular flexibility index (Phi) is 10.8. The fourth-order valence-electron chi connectivity index (χ4n) is 5.24. The van der Waals surface area contributed by atoms with Gasteiger partial charge in [-0.1, -0.05) is 72.1 Å². The van der Waals surface area contributed by atoms with E-state index in [1.807, 2.05) is 0 Å². The highest BCUT2D eigenvalue weighted by molar-refractivity contribution is 8.00. The van der Waals surface area contributed by atoms with Crippen LogP contribution in [0.5, 0.6) is 11.5 Å². The van der Waals surface area contributed by atoms with Crippen LogP contribution in [0.15, 0.2) is 117 Å². The quantitative estimate of drug-likeness (QED) is 0.120. The number of hydrogen-bond acceptors (Lipinski definition) is 10. The molecule has 12 nitrogen and oxygen atoms in total. The van der Waals surface area contributed by atoms with Gasteiger partial charge in [0, 0.05) is 13.1 Å². The van der Waals surface area contributed by atoms with E-state index in [9.17, 15) is 19.2 Å². The van der Waals surface area contributed by atoms with Crippen molar-refractivity contribution in [3.05, 3.63) is 118 Å². The summed E-state index contributed by atoms with van der Waals surface area (Å²) < 4.78 is 13.6. The number of thioether (sulfide) groups is 2. The minimum Gasteiger partial charge on any atom is -0.495 e. The van der Waals surface area contributed by atoms with Gasteiger partial charge in [0.15, 0.2) is 10.3 Å². The van der Waals surface area contributed by atoms with Crippen molar-refractivity contribution in [1.29, 1.82) is 0 Å². The van der Waals surface area contributed by atoms with E-state index in [0.29, 0.717) is 55.0 Å². The maximum Gasteiger partial charge on any atom is 0.262 e. The van der Waals surface area contributed by atoms with Gasteiger partial charge < -0.3 is 20.1 Å². The zero-order valence-corrected chi connectivity index (χ0v) is 28.8. The molecule has 6 aromatic rings. The minimum atomic E-state index is -0.312. The van der Waals surface area contributed by atoms with Crippen LogP contribution in [0.25, 0.3) is 21.8 Å². The number of methoxy groups -OCH3 is 2. The number of rotatable bonds is 13. The first kappa shape index (κ1) is 34.3. The average Bonchev–Trinajstić information content (AvgIpc) is 3.14. The van der Waals surface area contributed by atoms with Gasteiger partial charge in [-0.05, 0) is 48.5 Å². The Morgan fingerprint density at radius 2 is 0.980 bits per heavy atom. The van der Waals surface area contributed by atoms with Crippen molar-refractivity contribution in [2.45, 2.75) is 23.4 Å². The largest absolute Gasteiger partial charge is 0.495 e. The van der Waals surface area contributed by atoms with E-state index in [1.54, 1.807) is 97.1 Å². The normalized spacial score (nSPS) is 11.0. The van der Waals surface area contributed by atoms with Gasteiger partial charge in [-0.3, -0.25) is 28.3 Å². The molecule has 0 aliphatic heterocycles. The highest BCUT2D eigenvalue weighted by Gasteiger charge is 2.18. The van der Waals surface area contributed by atoms with Crippen LogP contribution in [0.2, 0.25) is 0 Å². The summed E-state index contributed by atoms with van der Waals surface area (Å²) in [5.41, 5.74) is 1.40. The number of carbonyl (C=O) groups is 2. The van der Waals surface area contributed by atoms with Crippen molar-refractivity contribution in [3.8, 4) is 11.5 Å². The van der Waals surface area contributed by atoms with Crippen LogP contribution in [0.3, 0.4) is 0 Å². The average molecular weight is 709 g/mol. The molecule has 0 fully saturated rings. The van der Waals surface area contributed by atoms with Gasteiger partial charge in [0.25, 0.3) is 11.1 Å². The number of carbonyl (C=O) groups excluding carboxylic acids is 2. The molecule has 6 rings (SSSR count). The highest BCUT2D eigenvalue weighted by Crippen LogP contribution is 2.26. The molecule has 0 aliphatic carbocycles. The fourth-order valence-corrected chi connectivity index (χ4v) is 6.89. The van der Waals surface area contributed by atoms with Crippen LogP contribution in [0.4, 0.5) is 11.4 Å². The Morgan fingerprint density at radius 3 is 1.40 bits per heavy atom. The summed E-state index contributed by atoms with van der Waals surface area (Å²) >= 11 is 2.22. The van der Waals surface area contributed by atoms with Gasteiger partial charge in [-0.15, -0.1) is 0 Å². The van der Waals surface area contributed by atoms with E-state index in [0.717, 1.165) is 23.5 Å². The number of anilines is 2. The first-order valence-corrected chi connectivity index (χ1v) is 17.4. The first-order valence-electron chi connectivity index (χ1n) is 15.5.